The van der Waals surface area contributed by atoms with Crippen molar-refractivity contribution in [1.29, 1.82) is 0 Å². The van der Waals surface area contributed by atoms with Gasteiger partial charge in [-0.05, 0) is 32.2 Å². The van der Waals surface area contributed by atoms with E-state index in [-0.39, 0.29) is 12.0 Å². The first-order valence-electron chi connectivity index (χ1n) is 5.80. The number of halogens is 2. The summed E-state index contributed by atoms with van der Waals surface area (Å²) in [5, 5.41) is 3.23. The molecular weight excluding hydrogens is 184 g/mol. The lowest BCUT2D eigenvalue weighted by atomic mass is 9.88. The molecule has 0 amide bonds. The van der Waals surface area contributed by atoms with Crippen LogP contribution >= 0.6 is 0 Å². The van der Waals surface area contributed by atoms with Gasteiger partial charge in [-0.1, -0.05) is 12.8 Å². The van der Waals surface area contributed by atoms with Crippen LogP contribution in [0.1, 0.15) is 38.5 Å². The summed E-state index contributed by atoms with van der Waals surface area (Å²) in [4.78, 5) is 0. The third kappa shape index (κ3) is 2.08. The molecule has 1 saturated heterocycles. The fourth-order valence-electron chi connectivity index (χ4n) is 2.83. The van der Waals surface area contributed by atoms with Crippen LogP contribution in [0.5, 0.6) is 0 Å². The van der Waals surface area contributed by atoms with Crippen molar-refractivity contribution in [2.45, 2.75) is 56.9 Å². The van der Waals surface area contributed by atoms with Crippen molar-refractivity contribution in [2.24, 2.45) is 5.92 Å². The SMILES string of the molecule is FC1CCCCC(F)C1C1CCCN1. The molecule has 1 aliphatic carbocycles. The number of alkyl halides is 2. The maximum absolute atomic E-state index is 13.7. The van der Waals surface area contributed by atoms with Crippen LogP contribution in [0.3, 0.4) is 0 Å². The largest absolute Gasteiger partial charge is 0.313 e. The molecule has 0 radical (unpaired) electrons. The van der Waals surface area contributed by atoms with Crippen LogP contribution in [0.15, 0.2) is 0 Å². The van der Waals surface area contributed by atoms with Gasteiger partial charge in [0.25, 0.3) is 0 Å². The van der Waals surface area contributed by atoms with E-state index in [0.29, 0.717) is 12.8 Å². The van der Waals surface area contributed by atoms with Crippen molar-refractivity contribution >= 4 is 0 Å². The molecule has 0 spiro atoms. The molecule has 14 heavy (non-hydrogen) atoms. The van der Waals surface area contributed by atoms with Crippen LogP contribution in [0, 0.1) is 5.92 Å². The summed E-state index contributed by atoms with van der Waals surface area (Å²) >= 11 is 0. The van der Waals surface area contributed by atoms with Crippen molar-refractivity contribution in [1.82, 2.24) is 5.32 Å². The summed E-state index contributed by atoms with van der Waals surface area (Å²) in [7, 11) is 0. The Morgan fingerprint density at radius 3 is 2.00 bits per heavy atom. The standard InChI is InChI=1S/C11H19F2N/c12-8-4-1-2-5-9(13)11(8)10-6-3-7-14-10/h8-11,14H,1-7H2. The van der Waals surface area contributed by atoms with Gasteiger partial charge in [0.15, 0.2) is 0 Å². The molecule has 1 nitrogen and oxygen atoms in total. The molecule has 1 heterocycles. The molecular formula is C11H19F2N. The predicted octanol–water partition coefficient (Wildman–Crippen LogP) is 2.60. The fraction of sp³-hybridized carbons (Fsp3) is 1.00. The van der Waals surface area contributed by atoms with Crippen LogP contribution in [0.2, 0.25) is 0 Å². The summed E-state index contributed by atoms with van der Waals surface area (Å²) in [5.41, 5.74) is 0. The Morgan fingerprint density at radius 1 is 0.857 bits per heavy atom. The van der Waals surface area contributed by atoms with E-state index in [9.17, 15) is 8.78 Å². The van der Waals surface area contributed by atoms with Crippen LogP contribution in [0.4, 0.5) is 8.78 Å². The highest BCUT2D eigenvalue weighted by Gasteiger charge is 2.38. The van der Waals surface area contributed by atoms with E-state index in [0.717, 1.165) is 32.2 Å². The normalized spacial score (nSPS) is 45.0. The second-order valence-electron chi connectivity index (χ2n) is 4.60. The van der Waals surface area contributed by atoms with Gasteiger partial charge in [0.05, 0.1) is 0 Å². The zero-order valence-electron chi connectivity index (χ0n) is 8.52. The van der Waals surface area contributed by atoms with Gasteiger partial charge < -0.3 is 5.32 Å². The van der Waals surface area contributed by atoms with Gasteiger partial charge in [-0.25, -0.2) is 8.78 Å². The first-order valence-corrected chi connectivity index (χ1v) is 5.80. The summed E-state index contributed by atoms with van der Waals surface area (Å²) in [6.45, 7) is 0.931. The molecule has 1 N–H and O–H groups in total. The van der Waals surface area contributed by atoms with Gasteiger partial charge in [0.2, 0.25) is 0 Å². The average Bonchev–Trinajstić information content (AvgIpc) is 2.61. The van der Waals surface area contributed by atoms with Gasteiger partial charge in [-0.15, -0.1) is 0 Å². The Balaban J connectivity index is 2.02. The fourth-order valence-corrected chi connectivity index (χ4v) is 2.83. The minimum Gasteiger partial charge on any atom is -0.313 e. The van der Waals surface area contributed by atoms with Crippen LogP contribution in [0.25, 0.3) is 0 Å². The second kappa shape index (κ2) is 4.56. The molecule has 2 rings (SSSR count). The smallest absolute Gasteiger partial charge is 0.107 e. The third-order valence-electron chi connectivity index (χ3n) is 3.61. The second-order valence-corrected chi connectivity index (χ2v) is 4.60. The molecule has 82 valence electrons. The maximum atomic E-state index is 13.7. The molecule has 3 heteroatoms. The molecule has 0 bridgehead atoms. The van der Waals surface area contributed by atoms with Crippen LogP contribution in [-0.2, 0) is 0 Å². The first-order chi connectivity index (χ1) is 6.79. The molecule has 0 aromatic heterocycles. The maximum Gasteiger partial charge on any atom is 0.107 e. The third-order valence-corrected chi connectivity index (χ3v) is 3.61. The van der Waals surface area contributed by atoms with Crippen molar-refractivity contribution in [2.75, 3.05) is 6.54 Å². The van der Waals surface area contributed by atoms with E-state index in [1.165, 1.54) is 0 Å². The molecule has 0 aromatic rings. The average molecular weight is 203 g/mol. The summed E-state index contributed by atoms with van der Waals surface area (Å²) in [6, 6.07) is 0.0955. The molecule has 1 saturated carbocycles. The van der Waals surface area contributed by atoms with Crippen molar-refractivity contribution in [3.8, 4) is 0 Å². The van der Waals surface area contributed by atoms with Crippen molar-refractivity contribution < 1.29 is 8.78 Å². The monoisotopic (exact) mass is 203 g/mol. The molecule has 3 atom stereocenters. The molecule has 1 aliphatic heterocycles. The van der Waals surface area contributed by atoms with Gasteiger partial charge in [-0.3, -0.25) is 0 Å². The quantitative estimate of drug-likeness (QED) is 0.646. The van der Waals surface area contributed by atoms with E-state index in [1.807, 2.05) is 0 Å². The zero-order chi connectivity index (χ0) is 9.97. The Kier molecular flexibility index (Phi) is 3.37. The van der Waals surface area contributed by atoms with E-state index >= 15 is 0 Å². The van der Waals surface area contributed by atoms with E-state index in [4.69, 9.17) is 0 Å². The summed E-state index contributed by atoms with van der Waals surface area (Å²) < 4.78 is 27.5. The number of rotatable bonds is 1. The highest BCUT2D eigenvalue weighted by atomic mass is 19.1. The number of hydrogen-bond acceptors (Lipinski definition) is 1. The Morgan fingerprint density at radius 2 is 1.50 bits per heavy atom. The van der Waals surface area contributed by atoms with Gasteiger partial charge in [0, 0.05) is 12.0 Å². The van der Waals surface area contributed by atoms with Gasteiger partial charge in [-0.2, -0.15) is 0 Å². The van der Waals surface area contributed by atoms with Gasteiger partial charge >= 0.3 is 0 Å². The lowest BCUT2D eigenvalue weighted by Gasteiger charge is -2.27. The van der Waals surface area contributed by atoms with E-state index in [2.05, 4.69) is 5.32 Å². The van der Waals surface area contributed by atoms with Crippen LogP contribution < -0.4 is 5.32 Å². The molecule has 2 fully saturated rings. The Bertz CT molecular complexity index is 168. The highest BCUT2D eigenvalue weighted by Crippen LogP contribution is 2.33. The number of nitrogens with one attached hydrogen (secondary N) is 1. The lowest BCUT2D eigenvalue weighted by molar-refractivity contribution is 0.0997. The molecule has 2 aliphatic rings. The van der Waals surface area contributed by atoms with Crippen LogP contribution in [-0.4, -0.2) is 24.9 Å². The molecule has 3 unspecified atom stereocenters. The lowest BCUT2D eigenvalue weighted by Crippen LogP contribution is -2.41. The van der Waals surface area contributed by atoms with E-state index in [1.54, 1.807) is 0 Å². The minimum absolute atomic E-state index is 0.0955. The summed E-state index contributed by atoms with van der Waals surface area (Å²) in [6.07, 6.45) is 2.99. The molecule has 0 aromatic carbocycles. The number of hydrogen-bond donors (Lipinski definition) is 1. The minimum atomic E-state index is -0.928. The summed E-state index contributed by atoms with van der Waals surface area (Å²) in [5.74, 6) is -0.375. The van der Waals surface area contributed by atoms with Crippen molar-refractivity contribution in [3.63, 3.8) is 0 Å². The van der Waals surface area contributed by atoms with Crippen molar-refractivity contribution in [3.05, 3.63) is 0 Å². The highest BCUT2D eigenvalue weighted by molar-refractivity contribution is 4.91. The topological polar surface area (TPSA) is 12.0 Å². The Labute approximate surface area is 84.3 Å². The Hall–Kier alpha value is -0.180. The predicted molar refractivity (Wildman–Crippen MR) is 52.8 cm³/mol. The zero-order valence-corrected chi connectivity index (χ0v) is 8.52. The first kappa shape index (κ1) is 10.3. The van der Waals surface area contributed by atoms with Gasteiger partial charge in [0.1, 0.15) is 12.3 Å². The van der Waals surface area contributed by atoms with E-state index < -0.39 is 12.3 Å².